The molecule has 0 saturated carbocycles. The van der Waals surface area contributed by atoms with E-state index in [1.165, 1.54) is 0 Å². The fourth-order valence-corrected chi connectivity index (χ4v) is 1.52. The summed E-state index contributed by atoms with van der Waals surface area (Å²) >= 11 is 0. The van der Waals surface area contributed by atoms with Crippen LogP contribution in [-0.2, 0) is 4.79 Å². The van der Waals surface area contributed by atoms with Crippen LogP contribution in [0.25, 0.3) is 6.08 Å². The van der Waals surface area contributed by atoms with Crippen LogP contribution in [0, 0.1) is 0 Å². The van der Waals surface area contributed by atoms with E-state index in [1.54, 1.807) is 6.21 Å². The highest BCUT2D eigenvalue weighted by Crippen LogP contribution is 2.04. The quantitative estimate of drug-likeness (QED) is 0.418. The second kappa shape index (κ2) is 8.51. The Hall–Kier alpha value is -1.65. The van der Waals surface area contributed by atoms with Gasteiger partial charge in [-0.05, 0) is 18.1 Å². The van der Waals surface area contributed by atoms with Crippen LogP contribution in [0.5, 0.6) is 0 Å². The van der Waals surface area contributed by atoms with Crippen molar-refractivity contribution in [2.24, 2.45) is 5.10 Å². The molecular weight excluding hydrogens is 274 g/mol. The summed E-state index contributed by atoms with van der Waals surface area (Å²) in [7, 11) is 5.89. The van der Waals surface area contributed by atoms with Crippen molar-refractivity contribution >= 4 is 18.2 Å². The molecule has 0 aliphatic heterocycles. The summed E-state index contributed by atoms with van der Waals surface area (Å²) in [6.45, 7) is 2.35. The number of nitrogens with one attached hydrogen (secondary N) is 1. The molecule has 0 saturated heterocycles. The van der Waals surface area contributed by atoms with Crippen molar-refractivity contribution in [1.82, 2.24) is 5.43 Å². The van der Waals surface area contributed by atoms with E-state index in [-0.39, 0.29) is 18.3 Å². The van der Waals surface area contributed by atoms with E-state index in [4.69, 9.17) is 0 Å². The lowest BCUT2D eigenvalue weighted by Crippen LogP contribution is -3.00. The van der Waals surface area contributed by atoms with Crippen LogP contribution >= 0.6 is 0 Å². The molecular formula is C15H22ClN3O. The molecule has 1 amide bonds. The summed E-state index contributed by atoms with van der Waals surface area (Å²) in [4.78, 5) is 11.5. The Labute approximate surface area is 127 Å². The average Bonchev–Trinajstić information content (AvgIpc) is 2.27. The molecule has 0 aliphatic carbocycles. The number of hydrazone groups is 1. The summed E-state index contributed by atoms with van der Waals surface area (Å²) in [6.07, 6.45) is 3.66. The first-order chi connectivity index (χ1) is 8.87. The van der Waals surface area contributed by atoms with Gasteiger partial charge in [-0.25, -0.2) is 5.43 Å². The molecule has 0 heterocycles. The fraction of sp³-hybridized carbons (Fsp3) is 0.333. The number of allylic oxidation sites excluding steroid dienone is 1. The molecule has 1 N–H and O–H groups in total. The topological polar surface area (TPSA) is 41.5 Å². The molecule has 110 valence electrons. The lowest BCUT2D eigenvalue weighted by Gasteiger charge is -2.21. The van der Waals surface area contributed by atoms with Gasteiger partial charge in [0.1, 0.15) is 0 Å². The predicted molar refractivity (Wildman–Crippen MR) is 79.6 cm³/mol. The summed E-state index contributed by atoms with van der Waals surface area (Å²) in [5, 5.41) is 3.95. The Balaban J connectivity index is 0.00000361. The summed E-state index contributed by atoms with van der Waals surface area (Å²) in [6, 6.07) is 9.99. The molecule has 20 heavy (non-hydrogen) atoms. The number of quaternary nitrogens is 1. The third kappa shape index (κ3) is 8.45. The van der Waals surface area contributed by atoms with Gasteiger partial charge in [0.05, 0.1) is 27.4 Å². The molecule has 1 rings (SSSR count). The number of benzene rings is 1. The monoisotopic (exact) mass is 295 g/mol. The van der Waals surface area contributed by atoms with Gasteiger partial charge in [-0.15, -0.1) is 0 Å². The fourth-order valence-electron chi connectivity index (χ4n) is 1.52. The molecule has 1 aromatic rings. The molecule has 0 fully saturated rings. The van der Waals surface area contributed by atoms with Crippen molar-refractivity contribution in [2.75, 3.05) is 27.7 Å². The van der Waals surface area contributed by atoms with Crippen LogP contribution in [0.1, 0.15) is 12.5 Å². The van der Waals surface area contributed by atoms with Gasteiger partial charge < -0.3 is 16.9 Å². The first-order valence-corrected chi connectivity index (χ1v) is 6.22. The zero-order valence-corrected chi connectivity index (χ0v) is 13.2. The third-order valence-electron chi connectivity index (χ3n) is 2.27. The highest BCUT2D eigenvalue weighted by Gasteiger charge is 2.12. The molecule has 5 heteroatoms. The van der Waals surface area contributed by atoms with Gasteiger partial charge in [-0.1, -0.05) is 36.4 Å². The number of amides is 1. The van der Waals surface area contributed by atoms with E-state index >= 15 is 0 Å². The van der Waals surface area contributed by atoms with Crippen molar-refractivity contribution < 1.29 is 21.7 Å². The Morgan fingerprint density at radius 3 is 2.40 bits per heavy atom. The Morgan fingerprint density at radius 2 is 1.85 bits per heavy atom. The highest BCUT2D eigenvalue weighted by molar-refractivity contribution is 5.86. The van der Waals surface area contributed by atoms with Crippen LogP contribution in [0.15, 0.2) is 41.0 Å². The SMILES string of the molecule is CC(C=NNC(=O)C[N+](C)(C)C)=Cc1ccccc1.[Cl-]. The predicted octanol–water partition coefficient (Wildman–Crippen LogP) is -1.10. The number of carbonyl (C=O) groups is 1. The number of halogens is 1. The molecule has 4 nitrogen and oxygen atoms in total. The van der Waals surface area contributed by atoms with Crippen molar-refractivity contribution in [1.29, 1.82) is 0 Å². The lowest BCUT2D eigenvalue weighted by molar-refractivity contribution is -0.862. The smallest absolute Gasteiger partial charge is 0.295 e. The van der Waals surface area contributed by atoms with Crippen molar-refractivity contribution in [3.63, 3.8) is 0 Å². The Morgan fingerprint density at radius 1 is 1.25 bits per heavy atom. The summed E-state index contributed by atoms with van der Waals surface area (Å²) < 4.78 is 0.584. The molecule has 0 radical (unpaired) electrons. The normalized spacial score (nSPS) is 12.1. The number of hydrogen-bond donors (Lipinski definition) is 1. The molecule has 0 atom stereocenters. The summed E-state index contributed by atoms with van der Waals surface area (Å²) in [5.41, 5.74) is 4.63. The number of carbonyl (C=O) groups excluding carboxylic acids is 1. The molecule has 0 bridgehead atoms. The van der Waals surface area contributed by atoms with Crippen LogP contribution in [-0.4, -0.2) is 44.3 Å². The molecule has 1 aromatic carbocycles. The Bertz CT molecular complexity index is 476. The average molecular weight is 296 g/mol. The van der Waals surface area contributed by atoms with Gasteiger partial charge in [0.25, 0.3) is 5.91 Å². The number of likely N-dealkylation sites (N-methyl/N-ethyl adjacent to an activating group) is 1. The van der Waals surface area contributed by atoms with E-state index < -0.39 is 0 Å². The maximum Gasteiger partial charge on any atom is 0.295 e. The van der Waals surface area contributed by atoms with E-state index in [0.717, 1.165) is 11.1 Å². The third-order valence-corrected chi connectivity index (χ3v) is 2.27. The zero-order chi connectivity index (χ0) is 14.3. The van der Waals surface area contributed by atoms with Gasteiger partial charge >= 0.3 is 0 Å². The lowest BCUT2D eigenvalue weighted by atomic mass is 10.1. The van der Waals surface area contributed by atoms with Crippen LogP contribution in [0.4, 0.5) is 0 Å². The zero-order valence-electron chi connectivity index (χ0n) is 12.4. The number of rotatable bonds is 5. The molecule has 0 aliphatic rings. The molecule has 0 unspecified atom stereocenters. The van der Waals surface area contributed by atoms with E-state index in [2.05, 4.69) is 10.5 Å². The highest BCUT2D eigenvalue weighted by atomic mass is 35.5. The standard InChI is InChI=1S/C15H21N3O.ClH/c1-13(10-14-8-6-5-7-9-14)11-16-17-15(19)12-18(2,3)4;/h5-11H,12H2,1-4H3;1H. The summed E-state index contributed by atoms with van der Waals surface area (Å²) in [5.74, 6) is -0.0868. The molecule has 0 spiro atoms. The first-order valence-electron chi connectivity index (χ1n) is 6.22. The van der Waals surface area contributed by atoms with Crippen LogP contribution in [0.2, 0.25) is 0 Å². The number of nitrogens with zero attached hydrogens (tertiary/aromatic N) is 2. The second-order valence-corrected chi connectivity index (χ2v) is 5.54. The van der Waals surface area contributed by atoms with Crippen molar-refractivity contribution in [3.8, 4) is 0 Å². The second-order valence-electron chi connectivity index (χ2n) is 5.54. The van der Waals surface area contributed by atoms with E-state index in [9.17, 15) is 4.79 Å². The minimum atomic E-state index is -0.0868. The Kier molecular flexibility index (Phi) is 7.80. The van der Waals surface area contributed by atoms with Crippen LogP contribution < -0.4 is 17.8 Å². The minimum absolute atomic E-state index is 0. The van der Waals surface area contributed by atoms with Gasteiger partial charge in [-0.2, -0.15) is 5.10 Å². The van der Waals surface area contributed by atoms with Gasteiger partial charge in [-0.3, -0.25) is 4.79 Å². The van der Waals surface area contributed by atoms with Gasteiger partial charge in [0, 0.05) is 0 Å². The van der Waals surface area contributed by atoms with Crippen LogP contribution in [0.3, 0.4) is 0 Å². The molecule has 0 aromatic heterocycles. The largest absolute Gasteiger partial charge is 1.00 e. The van der Waals surface area contributed by atoms with E-state index in [1.807, 2.05) is 64.5 Å². The minimum Gasteiger partial charge on any atom is -1.00 e. The maximum atomic E-state index is 11.5. The van der Waals surface area contributed by atoms with E-state index in [0.29, 0.717) is 11.0 Å². The van der Waals surface area contributed by atoms with Gasteiger partial charge in [0.15, 0.2) is 6.54 Å². The first kappa shape index (κ1) is 18.4. The maximum absolute atomic E-state index is 11.5. The van der Waals surface area contributed by atoms with Crippen molar-refractivity contribution in [2.45, 2.75) is 6.92 Å². The number of hydrogen-bond acceptors (Lipinski definition) is 2. The van der Waals surface area contributed by atoms with Crippen molar-refractivity contribution in [3.05, 3.63) is 41.5 Å². The van der Waals surface area contributed by atoms with Gasteiger partial charge in [0.2, 0.25) is 0 Å².